The SMILES string of the molecule is CC(=O)OC(C)(C)C(=O)OCC(C)C. The molecule has 0 aromatic rings. The van der Waals surface area contributed by atoms with Gasteiger partial charge in [-0.1, -0.05) is 13.8 Å². The summed E-state index contributed by atoms with van der Waals surface area (Å²) in [6.07, 6.45) is 0. The third kappa shape index (κ3) is 4.84. The molecule has 0 amide bonds. The van der Waals surface area contributed by atoms with Gasteiger partial charge in [0.1, 0.15) is 0 Å². The second-order valence-corrected chi connectivity index (χ2v) is 4.10. The summed E-state index contributed by atoms with van der Waals surface area (Å²) in [5, 5.41) is 0. The lowest BCUT2D eigenvalue weighted by Gasteiger charge is -2.22. The van der Waals surface area contributed by atoms with Crippen molar-refractivity contribution in [1.29, 1.82) is 0 Å². The molecule has 0 aliphatic carbocycles. The second kappa shape index (κ2) is 4.98. The zero-order valence-electron chi connectivity index (χ0n) is 9.42. The Bertz CT molecular complexity index is 218. The molecule has 82 valence electrons. The summed E-state index contributed by atoms with van der Waals surface area (Å²) in [5.74, 6) is -0.732. The predicted octanol–water partition coefficient (Wildman–Crippen LogP) is 1.53. The maximum Gasteiger partial charge on any atom is 0.350 e. The highest BCUT2D eigenvalue weighted by atomic mass is 16.6. The first-order valence-corrected chi connectivity index (χ1v) is 4.62. The highest BCUT2D eigenvalue weighted by Crippen LogP contribution is 2.12. The Labute approximate surface area is 84.6 Å². The van der Waals surface area contributed by atoms with Crippen LogP contribution in [0, 0.1) is 5.92 Å². The summed E-state index contributed by atoms with van der Waals surface area (Å²) in [6.45, 7) is 8.49. The molecule has 0 aromatic heterocycles. The molecule has 4 nitrogen and oxygen atoms in total. The Morgan fingerprint density at radius 2 is 1.79 bits per heavy atom. The van der Waals surface area contributed by atoms with Crippen LogP contribution in [0.4, 0.5) is 0 Å². The van der Waals surface area contributed by atoms with Gasteiger partial charge in [-0.05, 0) is 19.8 Å². The molecule has 0 aromatic carbocycles. The molecule has 0 fully saturated rings. The maximum atomic E-state index is 11.4. The van der Waals surface area contributed by atoms with Crippen molar-refractivity contribution >= 4 is 11.9 Å². The quantitative estimate of drug-likeness (QED) is 0.649. The van der Waals surface area contributed by atoms with Crippen LogP contribution < -0.4 is 0 Å². The lowest BCUT2D eigenvalue weighted by molar-refractivity contribution is -0.178. The van der Waals surface area contributed by atoms with Crippen molar-refractivity contribution < 1.29 is 19.1 Å². The smallest absolute Gasteiger partial charge is 0.350 e. The molecule has 14 heavy (non-hydrogen) atoms. The first kappa shape index (κ1) is 12.9. The number of ether oxygens (including phenoxy) is 2. The van der Waals surface area contributed by atoms with Gasteiger partial charge in [-0.25, -0.2) is 4.79 Å². The van der Waals surface area contributed by atoms with E-state index in [0.717, 1.165) is 0 Å². The number of carbonyl (C=O) groups excluding carboxylic acids is 2. The monoisotopic (exact) mass is 202 g/mol. The fraction of sp³-hybridized carbons (Fsp3) is 0.800. The van der Waals surface area contributed by atoms with Crippen molar-refractivity contribution in [3.05, 3.63) is 0 Å². The van der Waals surface area contributed by atoms with Gasteiger partial charge >= 0.3 is 11.9 Å². The van der Waals surface area contributed by atoms with E-state index in [0.29, 0.717) is 6.61 Å². The Hall–Kier alpha value is -1.06. The highest BCUT2D eigenvalue weighted by molar-refractivity contribution is 5.81. The van der Waals surface area contributed by atoms with E-state index in [9.17, 15) is 9.59 Å². The first-order valence-electron chi connectivity index (χ1n) is 4.62. The average molecular weight is 202 g/mol. The molecule has 0 aliphatic heterocycles. The Morgan fingerprint density at radius 3 is 2.14 bits per heavy atom. The van der Waals surface area contributed by atoms with Gasteiger partial charge in [-0.15, -0.1) is 0 Å². The normalized spacial score (nSPS) is 11.3. The zero-order valence-corrected chi connectivity index (χ0v) is 9.42. The molecule has 0 bridgehead atoms. The third-order valence-electron chi connectivity index (χ3n) is 1.44. The van der Waals surface area contributed by atoms with Gasteiger partial charge in [0.05, 0.1) is 6.61 Å². The minimum atomic E-state index is -1.19. The molecule has 0 aliphatic rings. The largest absolute Gasteiger partial charge is 0.462 e. The van der Waals surface area contributed by atoms with E-state index in [1.165, 1.54) is 20.8 Å². The van der Waals surface area contributed by atoms with Crippen LogP contribution in [-0.4, -0.2) is 24.1 Å². The Balaban J connectivity index is 4.14. The van der Waals surface area contributed by atoms with E-state index in [1.54, 1.807) is 0 Å². The second-order valence-electron chi connectivity index (χ2n) is 4.10. The van der Waals surface area contributed by atoms with E-state index in [1.807, 2.05) is 13.8 Å². The van der Waals surface area contributed by atoms with Crippen LogP contribution in [0.15, 0.2) is 0 Å². The van der Waals surface area contributed by atoms with Crippen molar-refractivity contribution in [2.24, 2.45) is 5.92 Å². The van der Waals surface area contributed by atoms with Crippen LogP contribution in [0.5, 0.6) is 0 Å². The molecule has 0 radical (unpaired) electrons. The fourth-order valence-corrected chi connectivity index (χ4v) is 0.817. The molecule has 0 saturated heterocycles. The lowest BCUT2D eigenvalue weighted by Crippen LogP contribution is -2.38. The van der Waals surface area contributed by atoms with Crippen molar-refractivity contribution in [3.63, 3.8) is 0 Å². The summed E-state index contributed by atoms with van der Waals surface area (Å²) in [7, 11) is 0. The molecule has 0 unspecified atom stereocenters. The van der Waals surface area contributed by atoms with Crippen LogP contribution in [0.25, 0.3) is 0 Å². The van der Waals surface area contributed by atoms with Crippen molar-refractivity contribution in [3.8, 4) is 0 Å². The molecular formula is C10H18O4. The van der Waals surface area contributed by atoms with E-state index in [2.05, 4.69) is 0 Å². The van der Waals surface area contributed by atoms with Gasteiger partial charge in [-0.2, -0.15) is 0 Å². The summed E-state index contributed by atoms with van der Waals surface area (Å²) in [5.41, 5.74) is -1.19. The first-order chi connectivity index (χ1) is 6.25. The van der Waals surface area contributed by atoms with E-state index >= 15 is 0 Å². The van der Waals surface area contributed by atoms with Gasteiger partial charge in [0.25, 0.3) is 0 Å². The van der Waals surface area contributed by atoms with Crippen molar-refractivity contribution in [2.75, 3.05) is 6.61 Å². The summed E-state index contributed by atoms with van der Waals surface area (Å²) >= 11 is 0. The Morgan fingerprint density at radius 1 is 1.29 bits per heavy atom. The molecule has 0 heterocycles. The van der Waals surface area contributed by atoms with Crippen LogP contribution in [0.3, 0.4) is 0 Å². The molecule has 0 rings (SSSR count). The van der Waals surface area contributed by atoms with Gasteiger partial charge < -0.3 is 9.47 Å². The summed E-state index contributed by atoms with van der Waals surface area (Å²) in [4.78, 5) is 22.1. The van der Waals surface area contributed by atoms with Gasteiger partial charge in [0.2, 0.25) is 5.60 Å². The van der Waals surface area contributed by atoms with Gasteiger partial charge in [0.15, 0.2) is 0 Å². The number of esters is 2. The standard InChI is InChI=1S/C10H18O4/c1-7(2)6-13-9(12)10(4,5)14-8(3)11/h7H,6H2,1-5H3. The van der Waals surface area contributed by atoms with E-state index in [4.69, 9.17) is 9.47 Å². The minimum Gasteiger partial charge on any atom is -0.462 e. The topological polar surface area (TPSA) is 52.6 Å². The van der Waals surface area contributed by atoms with Gasteiger partial charge in [-0.3, -0.25) is 4.79 Å². The third-order valence-corrected chi connectivity index (χ3v) is 1.44. The molecule has 0 atom stereocenters. The Kier molecular flexibility index (Phi) is 4.60. The molecule has 0 N–H and O–H groups in total. The van der Waals surface area contributed by atoms with Crippen molar-refractivity contribution in [1.82, 2.24) is 0 Å². The molecule has 0 saturated carbocycles. The van der Waals surface area contributed by atoms with E-state index in [-0.39, 0.29) is 5.92 Å². The number of rotatable bonds is 4. The average Bonchev–Trinajstić information content (AvgIpc) is 1.97. The van der Waals surface area contributed by atoms with Crippen LogP contribution >= 0.6 is 0 Å². The highest BCUT2D eigenvalue weighted by Gasteiger charge is 2.32. The van der Waals surface area contributed by atoms with Crippen LogP contribution in [0.2, 0.25) is 0 Å². The van der Waals surface area contributed by atoms with Crippen LogP contribution in [-0.2, 0) is 19.1 Å². The lowest BCUT2D eigenvalue weighted by atomic mass is 10.1. The number of hydrogen-bond acceptors (Lipinski definition) is 4. The van der Waals surface area contributed by atoms with Gasteiger partial charge in [0, 0.05) is 6.92 Å². The number of carbonyl (C=O) groups is 2. The fourth-order valence-electron chi connectivity index (χ4n) is 0.817. The maximum absolute atomic E-state index is 11.4. The molecule has 0 spiro atoms. The minimum absolute atomic E-state index is 0.270. The van der Waals surface area contributed by atoms with E-state index < -0.39 is 17.5 Å². The summed E-state index contributed by atoms with van der Waals surface area (Å²) in [6, 6.07) is 0. The number of hydrogen-bond donors (Lipinski definition) is 0. The summed E-state index contributed by atoms with van der Waals surface area (Å²) < 4.78 is 9.77. The zero-order chi connectivity index (χ0) is 11.4. The van der Waals surface area contributed by atoms with Crippen molar-refractivity contribution in [2.45, 2.75) is 40.2 Å². The molecular weight excluding hydrogens is 184 g/mol. The predicted molar refractivity (Wildman–Crippen MR) is 51.6 cm³/mol. The molecule has 4 heteroatoms. The van der Waals surface area contributed by atoms with Crippen LogP contribution in [0.1, 0.15) is 34.6 Å².